The topological polar surface area (TPSA) is 84.8 Å². The summed E-state index contributed by atoms with van der Waals surface area (Å²) in [5.74, 6) is 0.190. The Hall–Kier alpha value is -3.33. The monoisotopic (exact) mass is 413 g/mol. The molecule has 0 bridgehead atoms. The molecule has 0 unspecified atom stereocenters. The van der Waals surface area contributed by atoms with Crippen LogP contribution >= 0.6 is 0 Å². The molecule has 1 aromatic heterocycles. The number of amides is 1. The third-order valence-corrected chi connectivity index (χ3v) is 6.96. The molecule has 2 aromatic rings. The van der Waals surface area contributed by atoms with Crippen LogP contribution < -0.4 is 5.32 Å². The molecule has 3 aliphatic rings. The highest BCUT2D eigenvalue weighted by Crippen LogP contribution is 2.41. The maximum Gasteiger partial charge on any atom is 0.272 e. The van der Waals surface area contributed by atoms with E-state index in [-0.39, 0.29) is 11.4 Å². The molecule has 158 valence electrons. The molecule has 2 atom stereocenters. The van der Waals surface area contributed by atoms with Crippen molar-refractivity contribution in [1.82, 2.24) is 20.4 Å². The number of likely N-dealkylation sites (tertiary alicyclic amines) is 1. The van der Waals surface area contributed by atoms with Gasteiger partial charge in [0.05, 0.1) is 17.8 Å². The number of carbonyl (C=O) groups is 1. The Bertz CT molecular complexity index is 1080. The van der Waals surface area contributed by atoms with Gasteiger partial charge >= 0.3 is 0 Å². The van der Waals surface area contributed by atoms with Gasteiger partial charge in [0.25, 0.3) is 5.91 Å². The molecule has 1 aliphatic heterocycles. The lowest BCUT2D eigenvalue weighted by atomic mass is 9.90. The standard InChI is InChI=1S/C25H27N5O/c26-17-30-15-20-10-6-12-25(20,16-30)27-24(31)23-14-22(28-29-23)21-11-5-4-9-19(21)13-18-7-2-1-3-8-18/h1-3,7-9,11,14,20H,4-6,10,12-13,15-16H2,(H,27,31)(H,28,29)/t20-,25-/m1/s1. The SMILES string of the molecule is N#CN1C[C@H]2CCC[C@@]2(NC(=O)c2cc(C3=CCCC=C3Cc3ccccc3)[nH]n2)C1. The van der Waals surface area contributed by atoms with Gasteiger partial charge in [0, 0.05) is 12.5 Å². The Kier molecular flexibility index (Phi) is 5.11. The number of aromatic nitrogens is 2. The van der Waals surface area contributed by atoms with Crippen molar-refractivity contribution < 1.29 is 4.79 Å². The molecule has 5 rings (SSSR count). The molecule has 0 spiro atoms. The number of allylic oxidation sites excluding steroid dienone is 4. The van der Waals surface area contributed by atoms with Crippen LogP contribution in [0.25, 0.3) is 5.57 Å². The van der Waals surface area contributed by atoms with Gasteiger partial charge in [-0.15, -0.1) is 0 Å². The van der Waals surface area contributed by atoms with Gasteiger partial charge in [-0.2, -0.15) is 10.4 Å². The average molecular weight is 414 g/mol. The maximum absolute atomic E-state index is 13.1. The summed E-state index contributed by atoms with van der Waals surface area (Å²) in [5.41, 5.74) is 4.68. The van der Waals surface area contributed by atoms with Gasteiger partial charge in [-0.05, 0) is 54.9 Å². The molecule has 1 saturated carbocycles. The minimum Gasteiger partial charge on any atom is -0.343 e. The zero-order valence-corrected chi connectivity index (χ0v) is 17.6. The number of nitrogens with zero attached hydrogens (tertiary/aromatic N) is 3. The van der Waals surface area contributed by atoms with E-state index in [9.17, 15) is 10.1 Å². The molecule has 0 radical (unpaired) electrons. The maximum atomic E-state index is 13.1. The molecule has 6 nitrogen and oxygen atoms in total. The predicted octanol–water partition coefficient (Wildman–Crippen LogP) is 3.82. The van der Waals surface area contributed by atoms with Gasteiger partial charge in [-0.1, -0.05) is 48.9 Å². The van der Waals surface area contributed by atoms with E-state index in [4.69, 9.17) is 0 Å². The normalized spacial score (nSPS) is 24.9. The van der Waals surface area contributed by atoms with Crippen LogP contribution in [-0.4, -0.2) is 39.6 Å². The zero-order valence-electron chi connectivity index (χ0n) is 17.6. The number of fused-ring (bicyclic) bond motifs is 1. The summed E-state index contributed by atoms with van der Waals surface area (Å²) in [6.07, 6.45) is 12.7. The largest absolute Gasteiger partial charge is 0.343 e. The van der Waals surface area contributed by atoms with Gasteiger partial charge in [-0.3, -0.25) is 9.89 Å². The number of rotatable bonds is 5. The number of aromatic amines is 1. The summed E-state index contributed by atoms with van der Waals surface area (Å²) < 4.78 is 0. The van der Waals surface area contributed by atoms with E-state index in [1.54, 1.807) is 4.90 Å². The third-order valence-electron chi connectivity index (χ3n) is 6.96. The Labute approximate surface area is 182 Å². The van der Waals surface area contributed by atoms with Crippen LogP contribution in [0, 0.1) is 17.4 Å². The molecular weight excluding hydrogens is 386 g/mol. The van der Waals surface area contributed by atoms with E-state index in [0.29, 0.717) is 18.2 Å². The lowest BCUT2D eigenvalue weighted by Crippen LogP contribution is -2.51. The van der Waals surface area contributed by atoms with Crippen molar-refractivity contribution in [3.63, 3.8) is 0 Å². The van der Waals surface area contributed by atoms with Crippen molar-refractivity contribution in [3.8, 4) is 6.19 Å². The smallest absolute Gasteiger partial charge is 0.272 e. The average Bonchev–Trinajstić information content (AvgIpc) is 3.49. The van der Waals surface area contributed by atoms with Crippen molar-refractivity contribution in [2.24, 2.45) is 5.92 Å². The van der Waals surface area contributed by atoms with E-state index < -0.39 is 0 Å². The van der Waals surface area contributed by atoms with Gasteiger partial charge in [0.15, 0.2) is 11.9 Å². The van der Waals surface area contributed by atoms with E-state index >= 15 is 0 Å². The first-order valence-corrected chi connectivity index (χ1v) is 11.1. The van der Waals surface area contributed by atoms with Crippen molar-refractivity contribution >= 4 is 11.5 Å². The number of nitriles is 1. The highest BCUT2D eigenvalue weighted by Gasteiger charge is 2.50. The molecule has 1 amide bonds. The first kappa shape index (κ1) is 19.6. The molecule has 31 heavy (non-hydrogen) atoms. The van der Waals surface area contributed by atoms with E-state index in [0.717, 1.165) is 56.3 Å². The predicted molar refractivity (Wildman–Crippen MR) is 119 cm³/mol. The molecular formula is C25H27N5O. The number of H-pyrrole nitrogens is 1. The fraction of sp³-hybridized carbons (Fsp3) is 0.400. The van der Waals surface area contributed by atoms with Gasteiger partial charge in [-0.25, -0.2) is 0 Å². The number of hydrogen-bond acceptors (Lipinski definition) is 4. The van der Waals surface area contributed by atoms with Gasteiger partial charge in [0.1, 0.15) is 0 Å². The fourth-order valence-corrected chi connectivity index (χ4v) is 5.43. The summed E-state index contributed by atoms with van der Waals surface area (Å²) in [5, 5.41) is 20.0. The van der Waals surface area contributed by atoms with Gasteiger partial charge < -0.3 is 10.2 Å². The highest BCUT2D eigenvalue weighted by molar-refractivity contribution is 5.94. The second kappa shape index (κ2) is 8.07. The Morgan fingerprint density at radius 1 is 1.29 bits per heavy atom. The van der Waals surface area contributed by atoms with E-state index in [1.807, 2.05) is 12.1 Å². The number of nitrogens with one attached hydrogen (secondary N) is 2. The highest BCUT2D eigenvalue weighted by atomic mass is 16.2. The van der Waals surface area contributed by atoms with E-state index in [1.165, 1.54) is 11.1 Å². The molecule has 1 aromatic carbocycles. The lowest BCUT2D eigenvalue weighted by Gasteiger charge is -2.29. The van der Waals surface area contributed by atoms with Crippen LogP contribution in [0.3, 0.4) is 0 Å². The minimum atomic E-state index is -0.297. The van der Waals surface area contributed by atoms with Crippen molar-refractivity contribution in [3.05, 3.63) is 71.1 Å². The Balaban J connectivity index is 1.32. The van der Waals surface area contributed by atoms with Crippen LogP contribution in [0.4, 0.5) is 0 Å². The summed E-state index contributed by atoms with van der Waals surface area (Å²) in [7, 11) is 0. The third kappa shape index (κ3) is 3.76. The zero-order chi connectivity index (χ0) is 21.3. The van der Waals surface area contributed by atoms with Gasteiger partial charge in [0.2, 0.25) is 0 Å². The van der Waals surface area contributed by atoms with Crippen LogP contribution in [0.1, 0.15) is 53.8 Å². The van der Waals surface area contributed by atoms with Crippen LogP contribution in [0.2, 0.25) is 0 Å². The Morgan fingerprint density at radius 2 is 2.13 bits per heavy atom. The molecule has 2 fully saturated rings. The van der Waals surface area contributed by atoms with Crippen LogP contribution in [0.15, 0.2) is 54.1 Å². The van der Waals surface area contributed by atoms with Crippen LogP contribution in [-0.2, 0) is 6.42 Å². The quantitative estimate of drug-likeness (QED) is 0.730. The summed E-state index contributed by atoms with van der Waals surface area (Å²) in [6, 6.07) is 12.3. The number of benzene rings is 1. The van der Waals surface area contributed by atoms with Crippen molar-refractivity contribution in [2.75, 3.05) is 13.1 Å². The minimum absolute atomic E-state index is 0.154. The van der Waals surface area contributed by atoms with Crippen molar-refractivity contribution in [1.29, 1.82) is 5.26 Å². The summed E-state index contributed by atoms with van der Waals surface area (Å²) >= 11 is 0. The van der Waals surface area contributed by atoms with Crippen molar-refractivity contribution in [2.45, 2.75) is 44.1 Å². The number of carbonyl (C=O) groups excluding carboxylic acids is 1. The first-order chi connectivity index (χ1) is 15.2. The van der Waals surface area contributed by atoms with E-state index in [2.05, 4.69) is 58.1 Å². The second-order valence-corrected chi connectivity index (χ2v) is 8.93. The summed E-state index contributed by atoms with van der Waals surface area (Å²) in [6.45, 7) is 1.34. The second-order valence-electron chi connectivity index (χ2n) is 8.93. The fourth-order valence-electron chi connectivity index (χ4n) is 5.43. The molecule has 2 N–H and O–H groups in total. The molecule has 2 aliphatic carbocycles. The van der Waals surface area contributed by atoms with Crippen LogP contribution in [0.5, 0.6) is 0 Å². The number of hydrogen-bond donors (Lipinski definition) is 2. The molecule has 6 heteroatoms. The first-order valence-electron chi connectivity index (χ1n) is 11.1. The lowest BCUT2D eigenvalue weighted by molar-refractivity contribution is 0.0886. The Morgan fingerprint density at radius 3 is 2.97 bits per heavy atom. The molecule has 2 heterocycles. The summed E-state index contributed by atoms with van der Waals surface area (Å²) in [4.78, 5) is 14.8. The molecule has 1 saturated heterocycles.